The van der Waals surface area contributed by atoms with Crippen molar-refractivity contribution in [3.63, 3.8) is 0 Å². The van der Waals surface area contributed by atoms with Gasteiger partial charge in [-0.2, -0.15) is 8.78 Å². The minimum absolute atomic E-state index is 0.0693. The third-order valence-corrected chi connectivity index (χ3v) is 1.83. The zero-order valence-electron chi connectivity index (χ0n) is 6.64. The van der Waals surface area contributed by atoms with Crippen LogP contribution in [0.5, 0.6) is 5.75 Å². The van der Waals surface area contributed by atoms with Gasteiger partial charge in [-0.05, 0) is 23.8 Å². The van der Waals surface area contributed by atoms with Crippen LogP contribution in [0.15, 0.2) is 18.2 Å². The first-order chi connectivity index (χ1) is 6.13. The summed E-state index contributed by atoms with van der Waals surface area (Å²) in [6.45, 7) is -2.63. The van der Waals surface area contributed by atoms with Gasteiger partial charge in [-0.1, -0.05) is 11.6 Å². The lowest BCUT2D eigenvalue weighted by molar-refractivity contribution is -0.0498. The minimum Gasteiger partial charge on any atom is -0.435 e. The van der Waals surface area contributed by atoms with E-state index in [9.17, 15) is 8.78 Å². The van der Waals surface area contributed by atoms with Gasteiger partial charge in [0, 0.05) is 11.6 Å². The Hall–Kier alpha value is -0.870. The van der Waals surface area contributed by atoms with E-state index >= 15 is 0 Å². The molecule has 0 fully saturated rings. The fraction of sp³-hybridized carbons (Fsp3) is 0.250. The van der Waals surface area contributed by atoms with Gasteiger partial charge in [-0.3, -0.25) is 0 Å². The van der Waals surface area contributed by atoms with Gasteiger partial charge in [-0.25, -0.2) is 0 Å². The second kappa shape index (κ2) is 4.39. The summed E-state index contributed by atoms with van der Waals surface area (Å²) in [4.78, 5) is 0. The maximum absolute atomic E-state index is 11.8. The lowest BCUT2D eigenvalue weighted by Gasteiger charge is -2.06. The molecule has 13 heavy (non-hydrogen) atoms. The van der Waals surface area contributed by atoms with Crippen molar-refractivity contribution in [2.24, 2.45) is 5.73 Å². The van der Waals surface area contributed by atoms with Crippen molar-refractivity contribution in [2.45, 2.75) is 13.2 Å². The van der Waals surface area contributed by atoms with E-state index in [0.29, 0.717) is 10.6 Å². The molecule has 0 radical (unpaired) electrons. The molecule has 0 aromatic heterocycles. The molecule has 0 spiro atoms. The molecule has 0 amide bonds. The molecule has 2 nitrogen and oxygen atoms in total. The molecule has 2 N–H and O–H groups in total. The van der Waals surface area contributed by atoms with E-state index in [-0.39, 0.29) is 12.3 Å². The molecule has 0 atom stereocenters. The summed E-state index contributed by atoms with van der Waals surface area (Å²) in [7, 11) is 0. The normalized spacial score (nSPS) is 10.5. The highest BCUT2D eigenvalue weighted by Crippen LogP contribution is 2.22. The van der Waals surface area contributed by atoms with Crippen LogP contribution in [0.4, 0.5) is 8.78 Å². The van der Waals surface area contributed by atoms with Crippen LogP contribution in [0.25, 0.3) is 0 Å². The molecular weight excluding hydrogens is 200 g/mol. The number of benzene rings is 1. The average molecular weight is 208 g/mol. The molecule has 0 aliphatic heterocycles. The molecule has 0 saturated heterocycles. The molecule has 0 unspecified atom stereocenters. The van der Waals surface area contributed by atoms with Crippen LogP contribution in [-0.2, 0) is 6.54 Å². The average Bonchev–Trinajstić information content (AvgIpc) is 2.07. The molecule has 1 aromatic rings. The largest absolute Gasteiger partial charge is 0.435 e. The quantitative estimate of drug-likeness (QED) is 0.826. The lowest BCUT2D eigenvalue weighted by atomic mass is 10.2. The van der Waals surface area contributed by atoms with Crippen LogP contribution in [-0.4, -0.2) is 6.61 Å². The van der Waals surface area contributed by atoms with Gasteiger partial charge in [-0.15, -0.1) is 0 Å². The third kappa shape index (κ3) is 2.82. The lowest BCUT2D eigenvalue weighted by Crippen LogP contribution is -2.03. The van der Waals surface area contributed by atoms with Crippen molar-refractivity contribution in [1.82, 2.24) is 0 Å². The zero-order chi connectivity index (χ0) is 9.84. The predicted octanol–water partition coefficient (Wildman–Crippen LogP) is 2.40. The zero-order valence-corrected chi connectivity index (χ0v) is 7.39. The van der Waals surface area contributed by atoms with Crippen molar-refractivity contribution < 1.29 is 13.5 Å². The highest BCUT2D eigenvalue weighted by Gasteiger charge is 2.06. The highest BCUT2D eigenvalue weighted by atomic mass is 35.5. The molecule has 0 bridgehead atoms. The second-order valence-electron chi connectivity index (χ2n) is 2.34. The van der Waals surface area contributed by atoms with E-state index in [1.54, 1.807) is 0 Å². The van der Waals surface area contributed by atoms with Crippen LogP contribution in [0, 0.1) is 0 Å². The van der Waals surface area contributed by atoms with Gasteiger partial charge < -0.3 is 10.5 Å². The summed E-state index contributed by atoms with van der Waals surface area (Å²) in [6, 6.07) is 4.24. The van der Waals surface area contributed by atoms with E-state index in [2.05, 4.69) is 4.74 Å². The maximum Gasteiger partial charge on any atom is 0.387 e. The van der Waals surface area contributed by atoms with Crippen molar-refractivity contribution in [1.29, 1.82) is 0 Å². The van der Waals surface area contributed by atoms with E-state index in [0.717, 1.165) is 0 Å². The Morgan fingerprint density at radius 1 is 1.46 bits per heavy atom. The smallest absolute Gasteiger partial charge is 0.387 e. The highest BCUT2D eigenvalue weighted by molar-refractivity contribution is 6.31. The van der Waals surface area contributed by atoms with Gasteiger partial charge in [0.25, 0.3) is 0 Å². The summed E-state index contributed by atoms with van der Waals surface area (Å²) in [6.07, 6.45) is 0. The molecule has 1 aromatic carbocycles. The summed E-state index contributed by atoms with van der Waals surface area (Å²) in [5, 5.41) is 0.448. The summed E-state index contributed by atoms with van der Waals surface area (Å²) < 4.78 is 27.7. The molecule has 72 valence electrons. The summed E-state index contributed by atoms with van der Waals surface area (Å²) >= 11 is 5.71. The first kappa shape index (κ1) is 10.2. The number of alkyl halides is 2. The molecule has 0 aliphatic carbocycles. The SMILES string of the molecule is NCc1cc(OC(F)F)ccc1Cl. The van der Waals surface area contributed by atoms with Crippen LogP contribution in [0.3, 0.4) is 0 Å². The minimum atomic E-state index is -2.83. The molecule has 0 saturated carbocycles. The monoisotopic (exact) mass is 207 g/mol. The first-order valence-electron chi connectivity index (χ1n) is 3.57. The fourth-order valence-corrected chi connectivity index (χ4v) is 1.08. The van der Waals surface area contributed by atoms with Crippen LogP contribution in [0.1, 0.15) is 5.56 Å². The van der Waals surface area contributed by atoms with Gasteiger partial charge in [0.15, 0.2) is 0 Å². The van der Waals surface area contributed by atoms with Crippen molar-refractivity contribution in [3.8, 4) is 5.75 Å². The standard InChI is InChI=1S/C8H8ClF2NO/c9-7-2-1-6(13-8(10)11)3-5(7)4-12/h1-3,8H,4,12H2. The van der Waals surface area contributed by atoms with Crippen molar-refractivity contribution >= 4 is 11.6 Å². The Morgan fingerprint density at radius 3 is 2.69 bits per heavy atom. The number of halogens is 3. The van der Waals surface area contributed by atoms with Crippen molar-refractivity contribution in [2.75, 3.05) is 0 Å². The van der Waals surface area contributed by atoms with E-state index in [1.807, 2.05) is 0 Å². The Labute approximate surface area is 79.2 Å². The third-order valence-electron chi connectivity index (χ3n) is 1.46. The molecule has 0 aliphatic rings. The number of nitrogens with two attached hydrogens (primary N) is 1. The Morgan fingerprint density at radius 2 is 2.15 bits per heavy atom. The predicted molar refractivity (Wildman–Crippen MR) is 46.0 cm³/mol. The number of rotatable bonds is 3. The summed E-state index contributed by atoms with van der Waals surface area (Å²) in [5.74, 6) is 0.0693. The topological polar surface area (TPSA) is 35.2 Å². The van der Waals surface area contributed by atoms with Gasteiger partial charge in [0.2, 0.25) is 0 Å². The molecule has 5 heteroatoms. The van der Waals surface area contributed by atoms with Crippen LogP contribution < -0.4 is 10.5 Å². The number of hydrogen-bond donors (Lipinski definition) is 1. The Kier molecular flexibility index (Phi) is 3.45. The number of ether oxygens (including phenoxy) is 1. The van der Waals surface area contributed by atoms with Gasteiger partial charge >= 0.3 is 6.61 Å². The van der Waals surface area contributed by atoms with Crippen LogP contribution in [0.2, 0.25) is 5.02 Å². The van der Waals surface area contributed by atoms with E-state index in [1.165, 1.54) is 18.2 Å². The van der Waals surface area contributed by atoms with E-state index < -0.39 is 6.61 Å². The fourth-order valence-electron chi connectivity index (χ4n) is 0.884. The molecular formula is C8H8ClF2NO. The Balaban J connectivity index is 2.86. The van der Waals surface area contributed by atoms with Gasteiger partial charge in [0.05, 0.1) is 0 Å². The molecule has 1 rings (SSSR count). The van der Waals surface area contributed by atoms with Crippen molar-refractivity contribution in [3.05, 3.63) is 28.8 Å². The number of hydrogen-bond acceptors (Lipinski definition) is 2. The van der Waals surface area contributed by atoms with Crippen LogP contribution >= 0.6 is 11.6 Å². The first-order valence-corrected chi connectivity index (χ1v) is 3.94. The van der Waals surface area contributed by atoms with Gasteiger partial charge in [0.1, 0.15) is 5.75 Å². The second-order valence-corrected chi connectivity index (χ2v) is 2.74. The Bertz CT molecular complexity index is 293. The summed E-state index contributed by atoms with van der Waals surface area (Å²) in [5.41, 5.74) is 5.91. The maximum atomic E-state index is 11.8. The van der Waals surface area contributed by atoms with E-state index in [4.69, 9.17) is 17.3 Å². The molecule has 0 heterocycles.